The van der Waals surface area contributed by atoms with Crippen LogP contribution in [0.1, 0.15) is 29.7 Å². The molecule has 4 rings (SSSR count). The first-order valence-corrected chi connectivity index (χ1v) is 11.5. The lowest BCUT2D eigenvalue weighted by atomic mass is 10.1. The van der Waals surface area contributed by atoms with Gasteiger partial charge in [0.2, 0.25) is 0 Å². The fourth-order valence-corrected chi connectivity index (χ4v) is 4.89. The van der Waals surface area contributed by atoms with Crippen LogP contribution < -0.4 is 9.47 Å². The average molecular weight is 462 g/mol. The van der Waals surface area contributed by atoms with Crippen molar-refractivity contribution in [3.8, 4) is 11.5 Å². The topological polar surface area (TPSA) is 38.8 Å². The van der Waals surface area contributed by atoms with Gasteiger partial charge >= 0.3 is 0 Å². The minimum Gasteiger partial charge on any atom is -0.493 e. The van der Waals surface area contributed by atoms with Crippen molar-refractivity contribution in [1.29, 1.82) is 0 Å². The summed E-state index contributed by atoms with van der Waals surface area (Å²) in [6, 6.07) is 25.4. The number of carbonyl (C=O) groups is 1. The van der Waals surface area contributed by atoms with E-state index in [4.69, 9.17) is 21.7 Å². The summed E-state index contributed by atoms with van der Waals surface area (Å²) in [6.45, 7) is 2.44. The number of thioether (sulfide) groups is 1. The van der Waals surface area contributed by atoms with Gasteiger partial charge in [0.1, 0.15) is 10.9 Å². The molecule has 1 aliphatic heterocycles. The Labute approximate surface area is 197 Å². The van der Waals surface area contributed by atoms with Gasteiger partial charge in [-0.3, -0.25) is 9.69 Å². The highest BCUT2D eigenvalue weighted by molar-refractivity contribution is 8.26. The van der Waals surface area contributed by atoms with Gasteiger partial charge in [-0.25, -0.2) is 0 Å². The van der Waals surface area contributed by atoms with E-state index < -0.39 is 0 Å². The van der Waals surface area contributed by atoms with Gasteiger partial charge in [-0.05, 0) is 41.8 Å². The zero-order valence-electron chi connectivity index (χ0n) is 17.9. The lowest BCUT2D eigenvalue weighted by Gasteiger charge is -2.23. The molecule has 1 unspecified atom stereocenters. The largest absolute Gasteiger partial charge is 0.493 e. The number of nitrogens with zero attached hydrogens (tertiary/aromatic N) is 1. The summed E-state index contributed by atoms with van der Waals surface area (Å²) in [7, 11) is 1.61. The van der Waals surface area contributed by atoms with Crippen LogP contribution in [0.25, 0.3) is 6.08 Å². The summed E-state index contributed by atoms with van der Waals surface area (Å²) in [4.78, 5) is 15.4. The molecule has 0 N–H and O–H groups in total. The Morgan fingerprint density at radius 3 is 2.38 bits per heavy atom. The monoisotopic (exact) mass is 461 g/mol. The molecular weight excluding hydrogens is 438 g/mol. The molecule has 1 fully saturated rings. The van der Waals surface area contributed by atoms with E-state index >= 15 is 0 Å². The molecular formula is C26H23NO3S2. The van der Waals surface area contributed by atoms with Crippen molar-refractivity contribution in [1.82, 2.24) is 4.90 Å². The highest BCUT2D eigenvalue weighted by atomic mass is 32.2. The summed E-state index contributed by atoms with van der Waals surface area (Å²) in [5.41, 5.74) is 2.98. The fourth-order valence-electron chi connectivity index (χ4n) is 3.47. The van der Waals surface area contributed by atoms with Crippen molar-refractivity contribution >= 4 is 40.3 Å². The summed E-state index contributed by atoms with van der Waals surface area (Å²) >= 11 is 6.84. The average Bonchev–Trinajstić information content (AvgIpc) is 3.11. The number of hydrogen-bond acceptors (Lipinski definition) is 5. The standard InChI is InChI=1S/C26H23NO3S2/c1-18(21-11-7-4-8-12-21)27-25(28)24(32-26(27)31)16-20-13-14-22(23(15-20)29-2)30-17-19-9-5-3-6-10-19/h3-16,18H,17H2,1-2H3/b24-16-. The predicted molar refractivity (Wildman–Crippen MR) is 134 cm³/mol. The maximum Gasteiger partial charge on any atom is 0.266 e. The van der Waals surface area contributed by atoms with Gasteiger partial charge in [-0.2, -0.15) is 0 Å². The third-order valence-corrected chi connectivity index (χ3v) is 6.55. The second kappa shape index (κ2) is 10.0. The van der Waals surface area contributed by atoms with Gasteiger partial charge in [0.15, 0.2) is 11.5 Å². The third kappa shape index (κ3) is 4.87. The van der Waals surface area contributed by atoms with Gasteiger partial charge < -0.3 is 9.47 Å². The van der Waals surface area contributed by atoms with E-state index in [0.717, 1.165) is 16.7 Å². The molecule has 1 heterocycles. The molecule has 0 bridgehead atoms. The molecule has 0 radical (unpaired) electrons. The Hall–Kier alpha value is -3.09. The zero-order valence-corrected chi connectivity index (χ0v) is 19.5. The van der Waals surface area contributed by atoms with E-state index in [0.29, 0.717) is 27.3 Å². The second-order valence-corrected chi connectivity index (χ2v) is 9.00. The van der Waals surface area contributed by atoms with E-state index in [9.17, 15) is 4.79 Å². The van der Waals surface area contributed by atoms with Crippen LogP contribution in [0, 0.1) is 0 Å². The zero-order chi connectivity index (χ0) is 22.5. The molecule has 162 valence electrons. The molecule has 32 heavy (non-hydrogen) atoms. The molecule has 1 aliphatic rings. The molecule has 1 saturated heterocycles. The molecule has 6 heteroatoms. The van der Waals surface area contributed by atoms with Gasteiger partial charge in [-0.1, -0.05) is 90.7 Å². The number of thiocarbonyl (C=S) groups is 1. The highest BCUT2D eigenvalue weighted by Crippen LogP contribution is 2.39. The van der Waals surface area contributed by atoms with Crippen LogP contribution in [0.4, 0.5) is 0 Å². The van der Waals surface area contributed by atoms with Crippen LogP contribution in [-0.2, 0) is 11.4 Å². The van der Waals surface area contributed by atoms with Crippen LogP contribution in [-0.4, -0.2) is 22.2 Å². The van der Waals surface area contributed by atoms with Crippen LogP contribution in [0.2, 0.25) is 0 Å². The number of benzene rings is 3. The molecule has 1 amide bonds. The Kier molecular flexibility index (Phi) is 6.93. The van der Waals surface area contributed by atoms with Gasteiger partial charge in [0.25, 0.3) is 5.91 Å². The molecule has 3 aromatic rings. The summed E-state index contributed by atoms with van der Waals surface area (Å²) in [5.74, 6) is 1.18. The van der Waals surface area contributed by atoms with Crippen molar-refractivity contribution in [2.75, 3.05) is 7.11 Å². The van der Waals surface area contributed by atoms with E-state index in [1.165, 1.54) is 11.8 Å². The van der Waals surface area contributed by atoms with E-state index in [-0.39, 0.29) is 11.9 Å². The van der Waals surface area contributed by atoms with Crippen molar-refractivity contribution in [2.24, 2.45) is 0 Å². The Bertz CT molecular complexity index is 1150. The lowest BCUT2D eigenvalue weighted by Crippen LogP contribution is -2.30. The molecule has 0 spiro atoms. The van der Waals surface area contributed by atoms with Crippen LogP contribution in [0.5, 0.6) is 11.5 Å². The molecule has 4 nitrogen and oxygen atoms in total. The minimum absolute atomic E-state index is 0.0836. The first kappa shape index (κ1) is 22.1. The number of carbonyl (C=O) groups excluding carboxylic acids is 1. The molecule has 0 saturated carbocycles. The second-order valence-electron chi connectivity index (χ2n) is 7.32. The predicted octanol–water partition coefficient (Wildman–Crippen LogP) is 6.24. The van der Waals surface area contributed by atoms with Crippen LogP contribution in [0.3, 0.4) is 0 Å². The maximum absolute atomic E-state index is 13.1. The van der Waals surface area contributed by atoms with Gasteiger partial charge in [0.05, 0.1) is 18.1 Å². The van der Waals surface area contributed by atoms with E-state index in [1.54, 1.807) is 12.0 Å². The van der Waals surface area contributed by atoms with Gasteiger partial charge in [-0.15, -0.1) is 0 Å². The fraction of sp³-hybridized carbons (Fsp3) is 0.154. The molecule has 1 atom stereocenters. The third-order valence-electron chi connectivity index (χ3n) is 5.22. The normalized spacial score (nSPS) is 15.8. The summed E-state index contributed by atoms with van der Waals surface area (Å²) in [6.07, 6.45) is 1.85. The molecule has 3 aromatic carbocycles. The molecule has 0 aromatic heterocycles. The summed E-state index contributed by atoms with van der Waals surface area (Å²) in [5, 5.41) is 0. The Morgan fingerprint density at radius 2 is 1.69 bits per heavy atom. The van der Waals surface area contributed by atoms with Crippen molar-refractivity contribution in [2.45, 2.75) is 19.6 Å². The Morgan fingerprint density at radius 1 is 1.00 bits per heavy atom. The smallest absolute Gasteiger partial charge is 0.266 e. The highest BCUT2D eigenvalue weighted by Gasteiger charge is 2.35. The number of rotatable bonds is 7. The first-order chi connectivity index (χ1) is 15.6. The van der Waals surface area contributed by atoms with E-state index in [2.05, 4.69) is 0 Å². The van der Waals surface area contributed by atoms with E-state index in [1.807, 2.05) is 91.9 Å². The van der Waals surface area contributed by atoms with Gasteiger partial charge in [0, 0.05) is 0 Å². The quantitative estimate of drug-likeness (QED) is 0.308. The summed E-state index contributed by atoms with van der Waals surface area (Å²) < 4.78 is 12.0. The Balaban J connectivity index is 1.52. The van der Waals surface area contributed by atoms with Crippen molar-refractivity contribution in [3.63, 3.8) is 0 Å². The number of hydrogen-bond donors (Lipinski definition) is 0. The van der Waals surface area contributed by atoms with Crippen LogP contribution in [0.15, 0.2) is 83.8 Å². The minimum atomic E-state index is -0.127. The maximum atomic E-state index is 13.1. The first-order valence-electron chi connectivity index (χ1n) is 10.2. The van der Waals surface area contributed by atoms with Crippen molar-refractivity contribution < 1.29 is 14.3 Å². The van der Waals surface area contributed by atoms with Crippen molar-refractivity contribution in [3.05, 3.63) is 100 Å². The lowest BCUT2D eigenvalue weighted by molar-refractivity contribution is -0.123. The number of amides is 1. The number of methoxy groups -OCH3 is 1. The number of ether oxygens (including phenoxy) is 2. The van der Waals surface area contributed by atoms with Crippen LogP contribution >= 0.6 is 24.0 Å². The SMILES string of the molecule is COc1cc(/C=C2\SC(=S)N(C(C)c3ccccc3)C2=O)ccc1OCc1ccccc1. The molecule has 0 aliphatic carbocycles.